The number of rotatable bonds is 8. The normalized spacial score (nSPS) is 12.1. The van der Waals surface area contributed by atoms with E-state index in [1.165, 1.54) is 30.5 Å². The van der Waals surface area contributed by atoms with E-state index in [-0.39, 0.29) is 39.2 Å². The van der Waals surface area contributed by atoms with Gasteiger partial charge in [-0.05, 0) is 48.4 Å². The van der Waals surface area contributed by atoms with Crippen molar-refractivity contribution in [1.29, 1.82) is 0 Å². The number of carbonyl (C=O) groups is 2. The molecule has 16 heteroatoms. The number of hydrogen-bond donors (Lipinski definition) is 1. The highest BCUT2D eigenvalue weighted by Crippen LogP contribution is 2.42. The number of benzene rings is 1. The van der Waals surface area contributed by atoms with Gasteiger partial charge >= 0.3 is 12.1 Å². The highest BCUT2D eigenvalue weighted by atomic mass is 35.5. The summed E-state index contributed by atoms with van der Waals surface area (Å²) in [4.78, 5) is 29.6. The minimum absolute atomic E-state index is 0.0368. The van der Waals surface area contributed by atoms with Crippen LogP contribution in [0.25, 0.3) is 5.82 Å². The molecule has 3 aromatic heterocycles. The molecular formula is C23H16Cl2F5N7O2. The van der Waals surface area contributed by atoms with E-state index in [1.54, 1.807) is 13.0 Å². The number of Topliss-reactive ketones (excluding diaryl/α,β-unsaturated/α-hetero) is 1. The van der Waals surface area contributed by atoms with Crippen LogP contribution in [0.1, 0.15) is 43.4 Å². The zero-order valence-electron chi connectivity index (χ0n) is 19.7. The lowest BCUT2D eigenvalue weighted by atomic mass is 9.95. The first-order valence-electron chi connectivity index (χ1n) is 10.9. The minimum Gasteiger partial charge on any atom is -0.366 e. The SMILES string of the molecule is Cc1cc(Cl)cc(C(N)=O)c1CC(=O)c1cc(Cn2cc(C(F)(F)C(F)(F)F)nn2)nn1-c1ncccc1Cl. The van der Waals surface area contributed by atoms with Crippen LogP contribution in [0.3, 0.4) is 0 Å². The third kappa shape index (κ3) is 5.61. The summed E-state index contributed by atoms with van der Waals surface area (Å²) in [7, 11) is 0. The second-order valence-corrected chi connectivity index (χ2v) is 9.17. The lowest BCUT2D eigenvalue weighted by molar-refractivity contribution is -0.291. The maximum Gasteiger partial charge on any atom is 0.459 e. The first-order valence-corrected chi connectivity index (χ1v) is 11.6. The van der Waals surface area contributed by atoms with Crippen LogP contribution in [0.4, 0.5) is 22.0 Å². The number of amides is 1. The first-order chi connectivity index (χ1) is 18.2. The number of primary amides is 1. The monoisotopic (exact) mass is 587 g/mol. The highest BCUT2D eigenvalue weighted by molar-refractivity contribution is 6.32. The lowest BCUT2D eigenvalue weighted by Crippen LogP contribution is -2.34. The Morgan fingerprint density at radius 2 is 1.82 bits per heavy atom. The Balaban J connectivity index is 1.74. The summed E-state index contributed by atoms with van der Waals surface area (Å²) >= 11 is 12.3. The van der Waals surface area contributed by atoms with E-state index < -0.39 is 36.0 Å². The average Bonchev–Trinajstić information content (AvgIpc) is 3.48. The molecule has 1 amide bonds. The van der Waals surface area contributed by atoms with Crippen molar-refractivity contribution in [2.45, 2.75) is 32.0 Å². The van der Waals surface area contributed by atoms with Gasteiger partial charge in [0.15, 0.2) is 17.3 Å². The molecule has 2 N–H and O–H groups in total. The van der Waals surface area contributed by atoms with Crippen LogP contribution in [0.2, 0.25) is 10.0 Å². The summed E-state index contributed by atoms with van der Waals surface area (Å²) in [6.45, 7) is 1.21. The Morgan fingerprint density at radius 3 is 2.46 bits per heavy atom. The number of aromatic nitrogens is 6. The topological polar surface area (TPSA) is 122 Å². The molecule has 39 heavy (non-hydrogen) atoms. The van der Waals surface area contributed by atoms with Crippen molar-refractivity contribution >= 4 is 34.9 Å². The molecule has 0 atom stereocenters. The average molecular weight is 588 g/mol. The number of hydrogen-bond acceptors (Lipinski definition) is 6. The van der Waals surface area contributed by atoms with Crippen molar-refractivity contribution in [1.82, 2.24) is 29.8 Å². The standard InChI is InChI=1S/C23H16Cl2F5N7O2/c1-11-5-12(24)6-15(20(31)39)14(11)8-18(38)17-7-13(34-37(17)21-16(25)3-2-4-32-21)9-36-10-19(33-35-36)22(26,27)23(28,29)30/h2-7,10H,8-9H2,1H3,(H2,31,39). The van der Waals surface area contributed by atoms with Crippen LogP contribution in [0.15, 0.2) is 42.7 Å². The summed E-state index contributed by atoms with van der Waals surface area (Å²) in [6.07, 6.45) is -4.37. The molecular weight excluding hydrogens is 572 g/mol. The van der Waals surface area contributed by atoms with Gasteiger partial charge in [0.2, 0.25) is 5.91 Å². The summed E-state index contributed by atoms with van der Waals surface area (Å²) < 4.78 is 67.2. The molecule has 0 aliphatic heterocycles. The van der Waals surface area contributed by atoms with Gasteiger partial charge in [0.25, 0.3) is 0 Å². The molecule has 0 aliphatic rings. The largest absolute Gasteiger partial charge is 0.459 e. The molecule has 0 saturated carbocycles. The third-order valence-electron chi connectivity index (χ3n) is 5.57. The first kappa shape index (κ1) is 28.1. The second-order valence-electron chi connectivity index (χ2n) is 8.33. The Morgan fingerprint density at radius 1 is 1.10 bits per heavy atom. The predicted octanol–water partition coefficient (Wildman–Crippen LogP) is 4.70. The Labute approximate surface area is 226 Å². The summed E-state index contributed by atoms with van der Waals surface area (Å²) in [5, 5.41) is 10.9. The van der Waals surface area contributed by atoms with Crippen molar-refractivity contribution in [2.24, 2.45) is 5.73 Å². The summed E-state index contributed by atoms with van der Waals surface area (Å²) in [5.74, 6) is -6.55. The van der Waals surface area contributed by atoms with E-state index in [1.807, 2.05) is 0 Å². The number of halogens is 7. The zero-order chi connectivity index (χ0) is 28.7. The highest BCUT2D eigenvalue weighted by Gasteiger charge is 2.60. The fourth-order valence-electron chi connectivity index (χ4n) is 3.71. The molecule has 0 saturated heterocycles. The van der Waals surface area contributed by atoms with E-state index in [2.05, 4.69) is 20.4 Å². The number of ketones is 1. The fraction of sp³-hybridized carbons (Fsp3) is 0.217. The van der Waals surface area contributed by atoms with Crippen molar-refractivity contribution in [3.05, 3.63) is 86.5 Å². The lowest BCUT2D eigenvalue weighted by Gasteiger charge is -2.16. The summed E-state index contributed by atoms with van der Waals surface area (Å²) in [6, 6.07) is 7.17. The van der Waals surface area contributed by atoms with Crippen LogP contribution >= 0.6 is 23.2 Å². The van der Waals surface area contributed by atoms with Crippen LogP contribution in [-0.4, -0.2) is 47.6 Å². The van der Waals surface area contributed by atoms with Crippen LogP contribution in [0, 0.1) is 6.92 Å². The van der Waals surface area contributed by atoms with E-state index in [9.17, 15) is 31.5 Å². The van der Waals surface area contributed by atoms with E-state index in [4.69, 9.17) is 28.9 Å². The van der Waals surface area contributed by atoms with E-state index in [0.29, 0.717) is 22.0 Å². The molecule has 3 heterocycles. The fourth-order valence-corrected chi connectivity index (χ4v) is 4.18. The maximum absolute atomic E-state index is 13.6. The van der Waals surface area contributed by atoms with Gasteiger partial charge < -0.3 is 5.73 Å². The van der Waals surface area contributed by atoms with E-state index >= 15 is 0 Å². The van der Waals surface area contributed by atoms with Crippen LogP contribution in [0.5, 0.6) is 0 Å². The number of nitrogens with two attached hydrogens (primary N) is 1. The van der Waals surface area contributed by atoms with Crippen LogP contribution in [-0.2, 0) is 18.9 Å². The predicted molar refractivity (Wildman–Crippen MR) is 128 cm³/mol. The number of carbonyl (C=O) groups excluding carboxylic acids is 2. The van der Waals surface area contributed by atoms with Gasteiger partial charge in [-0.15, -0.1) is 5.10 Å². The van der Waals surface area contributed by atoms with Gasteiger partial charge in [0.1, 0.15) is 5.69 Å². The molecule has 9 nitrogen and oxygen atoms in total. The Bertz CT molecular complexity index is 1580. The molecule has 1 aromatic carbocycles. The number of alkyl halides is 5. The van der Waals surface area contributed by atoms with Gasteiger partial charge in [-0.1, -0.05) is 28.4 Å². The van der Waals surface area contributed by atoms with Gasteiger partial charge in [-0.2, -0.15) is 27.1 Å². The molecule has 0 spiro atoms. The zero-order valence-corrected chi connectivity index (χ0v) is 21.2. The molecule has 4 aromatic rings. The van der Waals surface area contributed by atoms with Gasteiger partial charge in [-0.3, -0.25) is 9.59 Å². The molecule has 0 fully saturated rings. The Kier molecular flexibility index (Phi) is 7.45. The molecule has 0 unspecified atom stereocenters. The van der Waals surface area contributed by atoms with Crippen molar-refractivity contribution in [3.63, 3.8) is 0 Å². The smallest absolute Gasteiger partial charge is 0.366 e. The van der Waals surface area contributed by atoms with Crippen molar-refractivity contribution in [2.75, 3.05) is 0 Å². The summed E-state index contributed by atoms with van der Waals surface area (Å²) in [5.41, 5.74) is 4.70. The van der Waals surface area contributed by atoms with E-state index in [0.717, 1.165) is 4.68 Å². The van der Waals surface area contributed by atoms with Crippen molar-refractivity contribution in [3.8, 4) is 5.82 Å². The molecule has 204 valence electrons. The minimum atomic E-state index is -5.87. The molecule has 0 bridgehead atoms. The Hall–Kier alpha value is -3.91. The molecule has 4 rings (SSSR count). The second kappa shape index (κ2) is 10.3. The van der Waals surface area contributed by atoms with Gasteiger partial charge in [-0.25, -0.2) is 14.3 Å². The van der Waals surface area contributed by atoms with Gasteiger partial charge in [0.05, 0.1) is 23.5 Å². The number of aryl methyl sites for hydroxylation is 1. The van der Waals surface area contributed by atoms with Crippen molar-refractivity contribution < 1.29 is 31.5 Å². The maximum atomic E-state index is 13.6. The molecule has 0 radical (unpaired) electrons. The number of nitrogens with zero attached hydrogens (tertiary/aromatic N) is 6. The van der Waals surface area contributed by atoms with Gasteiger partial charge in [0, 0.05) is 23.2 Å². The van der Waals surface area contributed by atoms with Crippen LogP contribution < -0.4 is 5.73 Å². The molecule has 0 aliphatic carbocycles. The number of pyridine rings is 1. The quantitative estimate of drug-likeness (QED) is 0.235. The third-order valence-corrected chi connectivity index (χ3v) is 6.08.